The number of piperidine rings is 1. The van der Waals surface area contributed by atoms with Crippen molar-refractivity contribution in [1.82, 2.24) is 34.6 Å². The molecule has 2 aliphatic rings. The van der Waals surface area contributed by atoms with Crippen LogP contribution in [0.15, 0.2) is 24.8 Å². The van der Waals surface area contributed by atoms with Gasteiger partial charge in [0, 0.05) is 50.7 Å². The molecule has 0 spiro atoms. The van der Waals surface area contributed by atoms with E-state index in [0.717, 1.165) is 43.1 Å². The maximum absolute atomic E-state index is 13.5. The molecule has 0 atom stereocenters. The molecule has 3 N–H and O–H groups in total. The number of hydrogen-bond donors (Lipinski definition) is 2. The van der Waals surface area contributed by atoms with Crippen LogP contribution in [-0.2, 0) is 4.79 Å². The van der Waals surface area contributed by atoms with E-state index in [0.29, 0.717) is 37.3 Å². The maximum Gasteiger partial charge on any atom is 0.263 e. The monoisotopic (exact) mass is 524 g/mol. The Hall–Kier alpha value is -3.87. The average Bonchev–Trinajstić information content (AvgIpc) is 3.23. The molecule has 2 saturated heterocycles. The molecule has 202 valence electrons. The third kappa shape index (κ3) is 5.10. The summed E-state index contributed by atoms with van der Waals surface area (Å²) in [7, 11) is 0. The molecule has 3 aromatic heterocycles. The zero-order chi connectivity index (χ0) is 27.0. The number of rotatable bonds is 4. The molecule has 12 nitrogen and oxygen atoms in total. The van der Waals surface area contributed by atoms with Crippen molar-refractivity contribution in [2.45, 2.75) is 39.2 Å². The number of amides is 2. The fourth-order valence-corrected chi connectivity index (χ4v) is 5.22. The summed E-state index contributed by atoms with van der Waals surface area (Å²) in [5.41, 5.74) is 7.39. The van der Waals surface area contributed by atoms with Crippen LogP contribution in [0.2, 0.25) is 0 Å². The van der Waals surface area contributed by atoms with Gasteiger partial charge in [-0.2, -0.15) is 10.2 Å². The lowest BCUT2D eigenvalue weighted by Gasteiger charge is -2.43. The SMILES string of the molecule is CC(C)(C)N1CCN(C(=O)C2CCN(c3cnncc3NC(=O)c3c(N)nn4cc(F)cnc34)CC2)CC1. The van der Waals surface area contributed by atoms with E-state index in [9.17, 15) is 14.0 Å². The molecule has 38 heavy (non-hydrogen) atoms. The van der Waals surface area contributed by atoms with Crippen molar-refractivity contribution in [2.75, 3.05) is 55.2 Å². The van der Waals surface area contributed by atoms with Crippen LogP contribution >= 0.6 is 0 Å². The predicted molar refractivity (Wildman–Crippen MR) is 140 cm³/mol. The molecule has 0 saturated carbocycles. The Kier molecular flexibility index (Phi) is 6.86. The van der Waals surface area contributed by atoms with Crippen LogP contribution in [0.5, 0.6) is 0 Å². The van der Waals surface area contributed by atoms with Crippen molar-refractivity contribution in [1.29, 1.82) is 0 Å². The van der Waals surface area contributed by atoms with Gasteiger partial charge in [0.1, 0.15) is 5.56 Å². The van der Waals surface area contributed by atoms with Crippen molar-refractivity contribution in [3.05, 3.63) is 36.2 Å². The Morgan fingerprint density at radius 3 is 2.39 bits per heavy atom. The molecule has 5 rings (SSSR count). The van der Waals surface area contributed by atoms with Crippen LogP contribution in [0.1, 0.15) is 44.0 Å². The zero-order valence-corrected chi connectivity index (χ0v) is 21.9. The van der Waals surface area contributed by atoms with Crippen molar-refractivity contribution >= 4 is 34.7 Å². The van der Waals surface area contributed by atoms with E-state index >= 15 is 0 Å². The molecule has 0 unspecified atom stereocenters. The summed E-state index contributed by atoms with van der Waals surface area (Å²) in [6.45, 7) is 11.2. The molecule has 13 heteroatoms. The highest BCUT2D eigenvalue weighted by Crippen LogP contribution is 2.30. The van der Waals surface area contributed by atoms with Crippen LogP contribution in [0.3, 0.4) is 0 Å². The van der Waals surface area contributed by atoms with Crippen molar-refractivity contribution < 1.29 is 14.0 Å². The summed E-state index contributed by atoms with van der Waals surface area (Å²) in [5.74, 6) is -0.990. The largest absolute Gasteiger partial charge is 0.381 e. The van der Waals surface area contributed by atoms with Gasteiger partial charge in [-0.1, -0.05) is 0 Å². The molecular weight excluding hydrogens is 491 g/mol. The van der Waals surface area contributed by atoms with Crippen molar-refractivity contribution in [3.8, 4) is 0 Å². The molecule has 0 bridgehead atoms. The standard InChI is InChI=1S/C25H33FN10O2/c1-25(2,3)35-10-8-34(9-11-35)24(38)16-4-6-33(7-5-16)19-14-30-29-13-18(19)31-23(37)20-21(27)32-36-15-17(26)12-28-22(20)36/h12-16H,4-11H2,1-3H3,(H2,27,32)(H,30,31,37). The molecule has 5 heterocycles. The minimum absolute atomic E-state index is 0.0228. The number of halogens is 1. The number of carbonyl (C=O) groups excluding carboxylic acids is 2. The Bertz CT molecular complexity index is 1340. The van der Waals surface area contributed by atoms with Gasteiger partial charge in [0.05, 0.1) is 36.2 Å². The number of nitrogen functional groups attached to an aromatic ring is 1. The molecule has 2 amide bonds. The highest BCUT2D eigenvalue weighted by Gasteiger charge is 2.33. The number of carbonyl (C=O) groups is 2. The van der Waals surface area contributed by atoms with Gasteiger partial charge in [0.25, 0.3) is 5.91 Å². The quantitative estimate of drug-likeness (QED) is 0.522. The summed E-state index contributed by atoms with van der Waals surface area (Å²) in [6.07, 6.45) is 6.59. The topological polar surface area (TPSA) is 138 Å². The van der Waals surface area contributed by atoms with Gasteiger partial charge < -0.3 is 20.9 Å². The number of nitrogens with zero attached hydrogens (tertiary/aromatic N) is 8. The summed E-state index contributed by atoms with van der Waals surface area (Å²) in [4.78, 5) is 36.8. The van der Waals surface area contributed by atoms with Gasteiger partial charge in [-0.15, -0.1) is 5.10 Å². The first-order chi connectivity index (χ1) is 18.1. The van der Waals surface area contributed by atoms with E-state index in [1.54, 1.807) is 6.20 Å². The van der Waals surface area contributed by atoms with Crippen LogP contribution in [0.4, 0.5) is 21.6 Å². The van der Waals surface area contributed by atoms with E-state index in [4.69, 9.17) is 5.73 Å². The van der Waals surface area contributed by atoms with Gasteiger partial charge in [-0.05, 0) is 33.6 Å². The van der Waals surface area contributed by atoms with E-state index in [1.165, 1.54) is 6.20 Å². The lowest BCUT2D eigenvalue weighted by molar-refractivity contribution is -0.138. The smallest absolute Gasteiger partial charge is 0.263 e. The Balaban J connectivity index is 1.23. The normalized spacial score (nSPS) is 17.7. The van der Waals surface area contributed by atoms with Crippen LogP contribution in [0.25, 0.3) is 5.65 Å². The molecule has 0 aliphatic carbocycles. The molecule has 3 aromatic rings. The van der Waals surface area contributed by atoms with Crippen LogP contribution in [-0.4, -0.2) is 91.2 Å². The van der Waals surface area contributed by atoms with E-state index in [-0.39, 0.29) is 34.4 Å². The third-order valence-electron chi connectivity index (χ3n) is 7.38. The summed E-state index contributed by atoms with van der Waals surface area (Å²) < 4.78 is 14.6. The van der Waals surface area contributed by atoms with Crippen LogP contribution < -0.4 is 16.0 Å². The van der Waals surface area contributed by atoms with Crippen molar-refractivity contribution in [3.63, 3.8) is 0 Å². The van der Waals surface area contributed by atoms with Crippen molar-refractivity contribution in [2.24, 2.45) is 5.92 Å². The minimum atomic E-state index is -0.596. The number of hydrogen-bond acceptors (Lipinski definition) is 9. The minimum Gasteiger partial charge on any atom is -0.381 e. The van der Waals surface area contributed by atoms with Gasteiger partial charge >= 0.3 is 0 Å². The number of piperazine rings is 1. The highest BCUT2D eigenvalue weighted by molar-refractivity contribution is 6.12. The second kappa shape index (κ2) is 10.1. The third-order valence-corrected chi connectivity index (χ3v) is 7.38. The fraction of sp³-hybridized carbons (Fsp3) is 0.520. The van der Waals surface area contributed by atoms with Gasteiger partial charge in [-0.25, -0.2) is 13.9 Å². The van der Waals surface area contributed by atoms with Gasteiger partial charge in [0.15, 0.2) is 17.3 Å². The van der Waals surface area contributed by atoms with E-state index in [2.05, 4.69) is 56.2 Å². The Morgan fingerprint density at radius 2 is 1.71 bits per heavy atom. The first-order valence-electron chi connectivity index (χ1n) is 12.8. The summed E-state index contributed by atoms with van der Waals surface area (Å²) in [6, 6.07) is 0. The Morgan fingerprint density at radius 1 is 1.03 bits per heavy atom. The number of fused-ring (bicyclic) bond motifs is 1. The predicted octanol–water partition coefficient (Wildman–Crippen LogP) is 1.65. The number of nitrogens with one attached hydrogen (secondary N) is 1. The first-order valence-corrected chi connectivity index (χ1v) is 12.8. The zero-order valence-electron chi connectivity index (χ0n) is 21.9. The maximum atomic E-state index is 13.5. The van der Waals surface area contributed by atoms with E-state index in [1.807, 2.05) is 4.90 Å². The second-order valence-electron chi connectivity index (χ2n) is 10.8. The number of anilines is 3. The summed E-state index contributed by atoms with van der Waals surface area (Å²) >= 11 is 0. The van der Waals surface area contributed by atoms with Gasteiger partial charge in [-0.3, -0.25) is 14.5 Å². The molecule has 2 aliphatic heterocycles. The average molecular weight is 525 g/mol. The van der Waals surface area contributed by atoms with E-state index < -0.39 is 11.7 Å². The second-order valence-corrected chi connectivity index (χ2v) is 10.8. The Labute approximate surface area is 220 Å². The fourth-order valence-electron chi connectivity index (χ4n) is 5.22. The number of aromatic nitrogens is 5. The lowest BCUT2D eigenvalue weighted by atomic mass is 9.94. The lowest BCUT2D eigenvalue weighted by Crippen LogP contribution is -2.56. The number of nitrogens with two attached hydrogens (primary N) is 1. The summed E-state index contributed by atoms with van der Waals surface area (Å²) in [5, 5.41) is 14.7. The molecule has 0 aromatic carbocycles. The molecule has 0 radical (unpaired) electrons. The van der Waals surface area contributed by atoms with Crippen LogP contribution in [0, 0.1) is 11.7 Å². The molecular formula is C25H33FN10O2. The first kappa shape index (κ1) is 25.8. The van der Waals surface area contributed by atoms with Gasteiger partial charge in [0.2, 0.25) is 5.91 Å². The molecule has 2 fully saturated rings. The highest BCUT2D eigenvalue weighted by atomic mass is 19.1.